The molecule has 0 saturated heterocycles. The predicted molar refractivity (Wildman–Crippen MR) is 114 cm³/mol. The van der Waals surface area contributed by atoms with Gasteiger partial charge in [0.1, 0.15) is 0 Å². The van der Waals surface area contributed by atoms with Crippen molar-refractivity contribution < 1.29 is 26.3 Å². The SMILES string of the molecule is C=c1/c(=C\C)c2nc3c4ccc(C(F)(F)F)c5c(C(F)(F)F)ccc(c3nc2/c1=C/C)c54. The molecule has 0 bridgehead atoms. The normalized spacial score (nSPS) is 14.8. The highest BCUT2D eigenvalue weighted by molar-refractivity contribution is 6.29. The summed E-state index contributed by atoms with van der Waals surface area (Å²) >= 11 is 0. The highest BCUT2D eigenvalue weighted by Crippen LogP contribution is 2.47. The van der Waals surface area contributed by atoms with Crippen LogP contribution < -0.4 is 15.7 Å². The molecular weight excluding hydrogens is 430 g/mol. The van der Waals surface area contributed by atoms with E-state index in [1.54, 1.807) is 13.8 Å². The van der Waals surface area contributed by atoms with Crippen molar-refractivity contribution in [1.82, 2.24) is 9.97 Å². The molecule has 0 fully saturated rings. The number of alkyl halides is 6. The summed E-state index contributed by atoms with van der Waals surface area (Å²) in [5, 5.41) is 1.60. The summed E-state index contributed by atoms with van der Waals surface area (Å²) in [6.45, 7) is 7.68. The summed E-state index contributed by atoms with van der Waals surface area (Å²) in [6, 6.07) is 3.73. The molecule has 32 heavy (non-hydrogen) atoms. The molecule has 0 radical (unpaired) electrons. The van der Waals surface area contributed by atoms with Gasteiger partial charge in [-0.05, 0) is 31.2 Å². The Kier molecular flexibility index (Phi) is 4.04. The van der Waals surface area contributed by atoms with Crippen LogP contribution in [0.1, 0.15) is 25.0 Å². The van der Waals surface area contributed by atoms with Crippen molar-refractivity contribution in [3.63, 3.8) is 0 Å². The van der Waals surface area contributed by atoms with Crippen LogP contribution in [0.5, 0.6) is 0 Å². The Hall–Kier alpha value is -3.42. The summed E-state index contributed by atoms with van der Waals surface area (Å²) in [5.41, 5.74) is -1.10. The van der Waals surface area contributed by atoms with Crippen LogP contribution in [0, 0.1) is 0 Å². The fraction of sp³-hybridized carbons (Fsp3) is 0.167. The van der Waals surface area contributed by atoms with Gasteiger partial charge in [0.2, 0.25) is 0 Å². The Morgan fingerprint density at radius 1 is 0.656 bits per heavy atom. The summed E-state index contributed by atoms with van der Waals surface area (Å²) in [5.74, 6) is 0. The van der Waals surface area contributed by atoms with Gasteiger partial charge in [-0.25, -0.2) is 9.97 Å². The van der Waals surface area contributed by atoms with Gasteiger partial charge in [0.05, 0.1) is 33.2 Å². The molecule has 0 amide bonds. The van der Waals surface area contributed by atoms with E-state index in [-0.39, 0.29) is 27.2 Å². The number of halogens is 6. The standard InChI is InChI=1S/C24H14F6N2/c1-4-11-10(3)12(5-2)20-19(11)31-21-13-6-8-15(23(25,26)27)18-16(24(28,29)30)9-7-14(17(13)18)22(21)32-20/h4-9H,3H2,1-2H3/b11-4+,12-5+. The third-order valence-corrected chi connectivity index (χ3v) is 5.92. The number of aromatic nitrogens is 2. The first-order valence-electron chi connectivity index (χ1n) is 9.69. The third kappa shape index (κ3) is 2.55. The zero-order chi connectivity index (χ0) is 23.2. The minimum atomic E-state index is -4.96. The predicted octanol–water partition coefficient (Wildman–Crippen LogP) is 5.29. The van der Waals surface area contributed by atoms with E-state index >= 15 is 0 Å². The second-order valence-corrected chi connectivity index (χ2v) is 7.57. The minimum Gasteiger partial charge on any atom is -0.243 e. The summed E-state index contributed by atoms with van der Waals surface area (Å²) in [4.78, 5) is 9.33. The molecule has 8 heteroatoms. The minimum absolute atomic E-state index is 0.129. The lowest BCUT2D eigenvalue weighted by Gasteiger charge is -2.16. The molecule has 0 unspecified atom stereocenters. The first-order valence-corrected chi connectivity index (χ1v) is 9.69. The first-order chi connectivity index (χ1) is 15.0. The average molecular weight is 444 g/mol. The maximum absolute atomic E-state index is 13.7. The maximum atomic E-state index is 13.7. The number of nitrogens with zero attached hydrogens (tertiary/aromatic N) is 2. The third-order valence-electron chi connectivity index (χ3n) is 5.92. The van der Waals surface area contributed by atoms with Crippen LogP contribution in [-0.2, 0) is 12.4 Å². The van der Waals surface area contributed by atoms with E-state index in [0.29, 0.717) is 23.2 Å². The number of rotatable bonds is 0. The van der Waals surface area contributed by atoms with Crippen molar-refractivity contribution >= 4 is 62.3 Å². The van der Waals surface area contributed by atoms with Crippen LogP contribution in [0.15, 0.2) is 24.3 Å². The van der Waals surface area contributed by atoms with Crippen molar-refractivity contribution in [3.05, 3.63) is 51.0 Å². The van der Waals surface area contributed by atoms with E-state index in [1.165, 1.54) is 12.1 Å². The van der Waals surface area contributed by atoms with Crippen molar-refractivity contribution in [2.45, 2.75) is 26.2 Å². The Balaban J connectivity index is 2.11. The number of hydrogen-bond donors (Lipinski definition) is 0. The van der Waals surface area contributed by atoms with E-state index in [4.69, 9.17) is 0 Å². The molecule has 4 aromatic carbocycles. The van der Waals surface area contributed by atoms with Crippen molar-refractivity contribution in [2.75, 3.05) is 0 Å². The Bertz CT molecular complexity index is 1610. The fourth-order valence-corrected chi connectivity index (χ4v) is 4.60. The van der Waals surface area contributed by atoms with E-state index in [2.05, 4.69) is 16.5 Å². The van der Waals surface area contributed by atoms with Crippen LogP contribution in [0.4, 0.5) is 26.3 Å². The second kappa shape index (κ2) is 6.31. The van der Waals surface area contributed by atoms with Crippen LogP contribution in [0.3, 0.4) is 0 Å². The van der Waals surface area contributed by atoms with E-state index in [9.17, 15) is 26.3 Å². The zero-order valence-corrected chi connectivity index (χ0v) is 16.8. The van der Waals surface area contributed by atoms with Gasteiger partial charge in [-0.1, -0.05) is 30.9 Å². The molecule has 1 heterocycles. The quantitative estimate of drug-likeness (QED) is 0.303. The molecule has 1 aromatic heterocycles. The molecule has 5 rings (SSSR count). The van der Waals surface area contributed by atoms with Crippen LogP contribution in [-0.4, -0.2) is 9.97 Å². The van der Waals surface area contributed by atoms with Gasteiger partial charge in [0, 0.05) is 32.0 Å². The molecular formula is C24H14F6N2. The smallest absolute Gasteiger partial charge is 0.243 e. The molecule has 0 saturated carbocycles. The van der Waals surface area contributed by atoms with Gasteiger partial charge in [0.25, 0.3) is 0 Å². The van der Waals surface area contributed by atoms with Gasteiger partial charge in [-0.3, -0.25) is 0 Å². The van der Waals surface area contributed by atoms with E-state index in [0.717, 1.165) is 15.7 Å². The number of fused-ring (bicyclic) bond motifs is 4. The Morgan fingerprint density at radius 3 is 1.41 bits per heavy atom. The highest BCUT2D eigenvalue weighted by Gasteiger charge is 2.40. The largest absolute Gasteiger partial charge is 0.417 e. The topological polar surface area (TPSA) is 25.8 Å². The van der Waals surface area contributed by atoms with Crippen molar-refractivity contribution in [2.24, 2.45) is 0 Å². The zero-order valence-electron chi connectivity index (χ0n) is 16.8. The summed E-state index contributed by atoms with van der Waals surface area (Å²) < 4.78 is 82.2. The maximum Gasteiger partial charge on any atom is 0.417 e. The van der Waals surface area contributed by atoms with Gasteiger partial charge in [-0.2, -0.15) is 26.3 Å². The lowest BCUT2D eigenvalue weighted by molar-refractivity contribution is -0.140. The van der Waals surface area contributed by atoms with Gasteiger partial charge in [-0.15, -0.1) is 0 Å². The fourth-order valence-electron chi connectivity index (χ4n) is 4.60. The van der Waals surface area contributed by atoms with E-state index in [1.807, 2.05) is 12.2 Å². The summed E-state index contributed by atoms with van der Waals surface area (Å²) in [7, 11) is 0. The van der Waals surface area contributed by atoms with Crippen LogP contribution in [0.2, 0.25) is 0 Å². The van der Waals surface area contributed by atoms with Gasteiger partial charge in [0.15, 0.2) is 0 Å². The van der Waals surface area contributed by atoms with Crippen LogP contribution in [0.25, 0.3) is 62.3 Å². The molecule has 0 aliphatic rings. The first kappa shape index (κ1) is 20.5. The molecule has 2 nitrogen and oxygen atoms in total. The molecule has 0 aliphatic carbocycles. The number of hydrogen-bond acceptors (Lipinski definition) is 2. The Morgan fingerprint density at radius 2 is 1.06 bits per heavy atom. The second-order valence-electron chi connectivity index (χ2n) is 7.57. The lowest BCUT2D eigenvalue weighted by Crippen LogP contribution is -2.30. The van der Waals surface area contributed by atoms with Crippen molar-refractivity contribution in [3.8, 4) is 0 Å². The molecule has 162 valence electrons. The Labute approximate surface area is 176 Å². The monoisotopic (exact) mass is 444 g/mol. The van der Waals surface area contributed by atoms with Crippen molar-refractivity contribution in [1.29, 1.82) is 0 Å². The molecule has 5 aromatic rings. The van der Waals surface area contributed by atoms with Gasteiger partial charge < -0.3 is 0 Å². The molecule has 0 N–H and O–H groups in total. The average Bonchev–Trinajstić information content (AvgIpc) is 3.16. The highest BCUT2D eigenvalue weighted by atomic mass is 19.4. The molecule has 0 spiro atoms. The lowest BCUT2D eigenvalue weighted by atomic mass is 9.96. The summed E-state index contributed by atoms with van der Waals surface area (Å²) in [6.07, 6.45) is -6.29. The number of benzene rings is 2. The van der Waals surface area contributed by atoms with E-state index < -0.39 is 28.9 Å². The molecule has 0 aliphatic heterocycles. The molecule has 0 atom stereocenters. The van der Waals surface area contributed by atoms with Gasteiger partial charge >= 0.3 is 12.4 Å². The van der Waals surface area contributed by atoms with Crippen LogP contribution >= 0.6 is 0 Å².